The normalized spacial score (nSPS) is 26.7. The van der Waals surface area contributed by atoms with Crippen molar-refractivity contribution in [2.75, 3.05) is 18.0 Å². The van der Waals surface area contributed by atoms with Gasteiger partial charge in [-0.2, -0.15) is 0 Å². The Kier molecular flexibility index (Phi) is 3.12. The number of anilines is 1. The molecule has 2 heterocycles. The molecular formula is C11H15ClN2O. The van der Waals surface area contributed by atoms with Crippen molar-refractivity contribution in [2.24, 2.45) is 0 Å². The molecule has 0 spiro atoms. The number of pyridine rings is 1. The Morgan fingerprint density at radius 3 is 2.67 bits per heavy atom. The third-order valence-corrected chi connectivity index (χ3v) is 2.75. The maximum absolute atomic E-state index is 6.11. The molecule has 1 fully saturated rings. The van der Waals surface area contributed by atoms with E-state index in [0.717, 1.165) is 18.9 Å². The minimum absolute atomic E-state index is 0.229. The number of hydrogen-bond acceptors (Lipinski definition) is 3. The topological polar surface area (TPSA) is 25.4 Å². The minimum Gasteiger partial charge on any atom is -0.372 e. The quantitative estimate of drug-likeness (QED) is 0.735. The van der Waals surface area contributed by atoms with E-state index in [1.54, 1.807) is 6.20 Å². The average molecular weight is 227 g/mol. The molecular weight excluding hydrogens is 212 g/mol. The lowest BCUT2D eigenvalue weighted by molar-refractivity contribution is -0.00544. The molecule has 4 heteroatoms. The summed E-state index contributed by atoms with van der Waals surface area (Å²) in [4.78, 5) is 6.49. The number of halogens is 1. The van der Waals surface area contributed by atoms with Crippen LogP contribution in [0.3, 0.4) is 0 Å². The molecule has 1 aromatic rings. The van der Waals surface area contributed by atoms with Crippen LogP contribution in [0.5, 0.6) is 0 Å². The Morgan fingerprint density at radius 2 is 2.07 bits per heavy atom. The summed E-state index contributed by atoms with van der Waals surface area (Å²) in [5.41, 5.74) is 0. The Labute approximate surface area is 95.0 Å². The third kappa shape index (κ3) is 2.41. The molecule has 0 unspecified atom stereocenters. The van der Waals surface area contributed by atoms with Crippen LogP contribution >= 0.6 is 11.6 Å². The van der Waals surface area contributed by atoms with Gasteiger partial charge in [-0.25, -0.2) is 4.98 Å². The summed E-state index contributed by atoms with van der Waals surface area (Å²) >= 11 is 6.11. The Balaban J connectivity index is 2.20. The van der Waals surface area contributed by atoms with E-state index in [2.05, 4.69) is 23.7 Å². The molecule has 0 bridgehead atoms. The summed E-state index contributed by atoms with van der Waals surface area (Å²) in [7, 11) is 0. The largest absolute Gasteiger partial charge is 0.372 e. The molecule has 3 nitrogen and oxygen atoms in total. The van der Waals surface area contributed by atoms with E-state index < -0.39 is 0 Å². The molecule has 1 saturated heterocycles. The molecule has 0 radical (unpaired) electrons. The first-order chi connectivity index (χ1) is 7.16. The average Bonchev–Trinajstić information content (AvgIpc) is 2.16. The van der Waals surface area contributed by atoms with E-state index in [0.29, 0.717) is 5.02 Å². The van der Waals surface area contributed by atoms with E-state index in [1.807, 2.05) is 12.1 Å². The van der Waals surface area contributed by atoms with E-state index in [1.165, 1.54) is 0 Å². The zero-order chi connectivity index (χ0) is 10.8. The van der Waals surface area contributed by atoms with Crippen LogP contribution in [0.25, 0.3) is 0 Å². The van der Waals surface area contributed by atoms with E-state index in [4.69, 9.17) is 16.3 Å². The Morgan fingerprint density at radius 1 is 1.40 bits per heavy atom. The molecule has 0 N–H and O–H groups in total. The maximum atomic E-state index is 6.11. The van der Waals surface area contributed by atoms with Gasteiger partial charge in [0.25, 0.3) is 0 Å². The van der Waals surface area contributed by atoms with Crippen molar-refractivity contribution in [1.82, 2.24) is 4.98 Å². The third-order valence-electron chi connectivity index (χ3n) is 2.46. The summed E-state index contributed by atoms with van der Waals surface area (Å²) < 4.78 is 5.67. The second kappa shape index (κ2) is 4.37. The van der Waals surface area contributed by atoms with Crippen molar-refractivity contribution in [1.29, 1.82) is 0 Å². The zero-order valence-corrected chi connectivity index (χ0v) is 9.74. The van der Waals surface area contributed by atoms with Gasteiger partial charge in [-0.05, 0) is 26.0 Å². The lowest BCUT2D eigenvalue weighted by Gasteiger charge is -2.36. The van der Waals surface area contributed by atoms with Gasteiger partial charge in [0.2, 0.25) is 0 Å². The second-order valence-corrected chi connectivity index (χ2v) is 4.38. The monoisotopic (exact) mass is 226 g/mol. The molecule has 0 saturated carbocycles. The standard InChI is InChI=1S/C11H15ClN2O/c1-8-6-14(7-9(2)15-8)11-10(12)4-3-5-13-11/h3-5,8-9H,6-7H2,1-2H3/t8-,9+. The molecule has 82 valence electrons. The minimum atomic E-state index is 0.229. The van der Waals surface area contributed by atoms with Gasteiger partial charge in [-0.1, -0.05) is 11.6 Å². The highest BCUT2D eigenvalue weighted by atomic mass is 35.5. The zero-order valence-electron chi connectivity index (χ0n) is 8.98. The van der Waals surface area contributed by atoms with Gasteiger partial charge in [-0.3, -0.25) is 0 Å². The number of nitrogens with zero attached hydrogens (tertiary/aromatic N) is 2. The number of rotatable bonds is 1. The highest BCUT2D eigenvalue weighted by molar-refractivity contribution is 6.32. The summed E-state index contributed by atoms with van der Waals surface area (Å²) in [6.07, 6.45) is 2.23. The fraction of sp³-hybridized carbons (Fsp3) is 0.545. The van der Waals surface area contributed by atoms with Crippen molar-refractivity contribution in [3.8, 4) is 0 Å². The highest BCUT2D eigenvalue weighted by Crippen LogP contribution is 2.25. The van der Waals surface area contributed by atoms with Crippen molar-refractivity contribution >= 4 is 17.4 Å². The summed E-state index contributed by atoms with van der Waals surface area (Å²) in [6.45, 7) is 5.83. The van der Waals surface area contributed by atoms with E-state index in [-0.39, 0.29) is 12.2 Å². The molecule has 1 aliphatic rings. The molecule has 2 rings (SSSR count). The lowest BCUT2D eigenvalue weighted by Crippen LogP contribution is -2.45. The highest BCUT2D eigenvalue weighted by Gasteiger charge is 2.24. The van der Waals surface area contributed by atoms with Crippen LogP contribution in [0.4, 0.5) is 5.82 Å². The van der Waals surface area contributed by atoms with Crippen LogP contribution in [0.1, 0.15) is 13.8 Å². The summed E-state index contributed by atoms with van der Waals surface area (Å²) in [6, 6.07) is 3.72. The van der Waals surface area contributed by atoms with Crippen LogP contribution in [-0.4, -0.2) is 30.3 Å². The van der Waals surface area contributed by atoms with E-state index in [9.17, 15) is 0 Å². The number of ether oxygens (including phenoxy) is 1. The fourth-order valence-electron chi connectivity index (χ4n) is 1.96. The van der Waals surface area contributed by atoms with E-state index >= 15 is 0 Å². The molecule has 1 aromatic heterocycles. The first-order valence-electron chi connectivity index (χ1n) is 5.17. The summed E-state index contributed by atoms with van der Waals surface area (Å²) in [5.74, 6) is 0.862. The second-order valence-electron chi connectivity index (χ2n) is 3.97. The maximum Gasteiger partial charge on any atom is 0.147 e. The van der Waals surface area contributed by atoms with Crippen LogP contribution in [0.2, 0.25) is 5.02 Å². The van der Waals surface area contributed by atoms with Gasteiger partial charge in [0, 0.05) is 19.3 Å². The van der Waals surface area contributed by atoms with Gasteiger partial charge in [0.05, 0.1) is 17.2 Å². The Hall–Kier alpha value is -0.800. The van der Waals surface area contributed by atoms with Crippen molar-refractivity contribution in [3.63, 3.8) is 0 Å². The van der Waals surface area contributed by atoms with Gasteiger partial charge in [-0.15, -0.1) is 0 Å². The van der Waals surface area contributed by atoms with Crippen molar-refractivity contribution in [3.05, 3.63) is 23.4 Å². The lowest BCUT2D eigenvalue weighted by atomic mass is 10.2. The van der Waals surface area contributed by atoms with Gasteiger partial charge >= 0.3 is 0 Å². The van der Waals surface area contributed by atoms with Gasteiger partial charge in [0.15, 0.2) is 0 Å². The van der Waals surface area contributed by atoms with Gasteiger partial charge in [0.1, 0.15) is 5.82 Å². The predicted molar refractivity (Wildman–Crippen MR) is 61.5 cm³/mol. The van der Waals surface area contributed by atoms with Crippen LogP contribution in [0.15, 0.2) is 18.3 Å². The van der Waals surface area contributed by atoms with Crippen LogP contribution in [0, 0.1) is 0 Å². The van der Waals surface area contributed by atoms with Crippen molar-refractivity contribution in [2.45, 2.75) is 26.1 Å². The molecule has 0 aromatic carbocycles. The molecule has 1 aliphatic heterocycles. The van der Waals surface area contributed by atoms with Gasteiger partial charge < -0.3 is 9.64 Å². The molecule has 0 aliphatic carbocycles. The summed E-state index contributed by atoms with van der Waals surface area (Å²) in [5, 5.41) is 0.707. The number of hydrogen-bond donors (Lipinski definition) is 0. The predicted octanol–water partition coefficient (Wildman–Crippen LogP) is 2.35. The molecule has 15 heavy (non-hydrogen) atoms. The molecule has 2 atom stereocenters. The first kappa shape index (κ1) is 10.7. The molecule has 0 amide bonds. The van der Waals surface area contributed by atoms with Crippen LogP contribution < -0.4 is 4.90 Å². The SMILES string of the molecule is C[C@@H]1CN(c2ncccc2Cl)C[C@H](C)O1. The fourth-order valence-corrected chi connectivity index (χ4v) is 2.20. The smallest absolute Gasteiger partial charge is 0.147 e. The first-order valence-corrected chi connectivity index (χ1v) is 5.55. The van der Waals surface area contributed by atoms with Crippen LogP contribution in [-0.2, 0) is 4.74 Å². The number of morpholine rings is 1. The Bertz CT molecular complexity index is 335. The number of aromatic nitrogens is 1. The van der Waals surface area contributed by atoms with Crippen molar-refractivity contribution < 1.29 is 4.74 Å².